The molecule has 1 fully saturated rings. The molecule has 118 valence electrons. The van der Waals surface area contributed by atoms with E-state index >= 15 is 0 Å². The third-order valence-electron chi connectivity index (χ3n) is 4.77. The van der Waals surface area contributed by atoms with E-state index in [1.54, 1.807) is 6.20 Å². The molecule has 3 heterocycles. The second-order valence-corrected chi connectivity index (χ2v) is 5.94. The summed E-state index contributed by atoms with van der Waals surface area (Å²) in [5.74, 6) is 0.382. The Hall–Kier alpha value is -2.40. The first-order valence-electron chi connectivity index (χ1n) is 7.76. The van der Waals surface area contributed by atoms with Gasteiger partial charge >= 0.3 is 5.97 Å². The molecule has 1 aromatic heterocycles. The van der Waals surface area contributed by atoms with Crippen molar-refractivity contribution in [2.45, 2.75) is 12.1 Å². The highest BCUT2D eigenvalue weighted by molar-refractivity contribution is 5.75. The molecule has 0 saturated carbocycles. The van der Waals surface area contributed by atoms with E-state index in [9.17, 15) is 4.79 Å². The molecule has 4 atom stereocenters. The Kier molecular flexibility index (Phi) is 3.50. The number of ether oxygens (including phenoxy) is 2. The van der Waals surface area contributed by atoms with Gasteiger partial charge in [-0.1, -0.05) is 24.3 Å². The van der Waals surface area contributed by atoms with E-state index in [0.29, 0.717) is 6.61 Å². The first-order valence-corrected chi connectivity index (χ1v) is 7.76. The lowest BCUT2D eigenvalue weighted by Crippen LogP contribution is -2.32. The molecular formula is C18H18N2O3. The van der Waals surface area contributed by atoms with Crippen LogP contribution in [0, 0.1) is 11.8 Å². The molecule has 0 amide bonds. The van der Waals surface area contributed by atoms with Gasteiger partial charge in [0.2, 0.25) is 0 Å². The maximum Gasteiger partial charge on any atom is 0.311 e. The number of para-hydroxylation sites is 1. The van der Waals surface area contributed by atoms with Gasteiger partial charge < -0.3 is 14.8 Å². The van der Waals surface area contributed by atoms with Crippen LogP contribution in [0.1, 0.15) is 23.3 Å². The van der Waals surface area contributed by atoms with Crippen LogP contribution in [-0.2, 0) is 9.53 Å². The standard InChI is InChI=1S/C18H18N2O3/c1-22-18(21)15-12-10-23-14-8-3-2-6-11(14)16(12)20-17(15)13-7-4-5-9-19-13/h2-9,12,15-17,20H,10H2,1H3/t12-,15-,16+,17-/m0/s1. The number of hydrogen-bond acceptors (Lipinski definition) is 5. The van der Waals surface area contributed by atoms with Gasteiger partial charge in [-0.2, -0.15) is 0 Å². The van der Waals surface area contributed by atoms with Gasteiger partial charge in [0.15, 0.2) is 0 Å². The molecule has 1 aromatic carbocycles. The predicted molar refractivity (Wildman–Crippen MR) is 83.8 cm³/mol. The number of hydrogen-bond donors (Lipinski definition) is 1. The molecule has 5 heteroatoms. The maximum absolute atomic E-state index is 12.4. The van der Waals surface area contributed by atoms with Crippen LogP contribution in [0.2, 0.25) is 0 Å². The number of methoxy groups -OCH3 is 1. The highest BCUT2D eigenvalue weighted by Crippen LogP contribution is 2.48. The van der Waals surface area contributed by atoms with Crippen molar-refractivity contribution in [3.05, 3.63) is 59.9 Å². The summed E-state index contributed by atoms with van der Waals surface area (Å²) >= 11 is 0. The van der Waals surface area contributed by atoms with E-state index < -0.39 is 0 Å². The molecule has 1 saturated heterocycles. The number of benzene rings is 1. The number of nitrogens with zero attached hydrogens (tertiary/aromatic N) is 1. The summed E-state index contributed by atoms with van der Waals surface area (Å²) in [6.07, 6.45) is 1.75. The smallest absolute Gasteiger partial charge is 0.311 e. The quantitative estimate of drug-likeness (QED) is 0.862. The second kappa shape index (κ2) is 5.66. The van der Waals surface area contributed by atoms with Crippen molar-refractivity contribution >= 4 is 5.97 Å². The Morgan fingerprint density at radius 3 is 2.83 bits per heavy atom. The molecule has 0 bridgehead atoms. The molecule has 1 N–H and O–H groups in total. The van der Waals surface area contributed by atoms with Crippen LogP contribution in [0.25, 0.3) is 0 Å². The molecular weight excluding hydrogens is 292 g/mol. The van der Waals surface area contributed by atoms with E-state index in [0.717, 1.165) is 17.0 Å². The fourth-order valence-electron chi connectivity index (χ4n) is 3.73. The second-order valence-electron chi connectivity index (χ2n) is 5.94. The van der Waals surface area contributed by atoms with E-state index in [-0.39, 0.29) is 29.9 Å². The number of nitrogens with one attached hydrogen (secondary N) is 1. The fourth-order valence-corrected chi connectivity index (χ4v) is 3.73. The van der Waals surface area contributed by atoms with Gasteiger partial charge in [0.05, 0.1) is 31.4 Å². The largest absolute Gasteiger partial charge is 0.493 e. The lowest BCUT2D eigenvalue weighted by molar-refractivity contribution is -0.148. The third-order valence-corrected chi connectivity index (χ3v) is 4.77. The van der Waals surface area contributed by atoms with Crippen molar-refractivity contribution in [2.24, 2.45) is 11.8 Å². The summed E-state index contributed by atoms with van der Waals surface area (Å²) in [7, 11) is 1.43. The van der Waals surface area contributed by atoms with Crippen LogP contribution >= 0.6 is 0 Å². The van der Waals surface area contributed by atoms with E-state index in [1.165, 1.54) is 7.11 Å². The third kappa shape index (κ3) is 2.28. The van der Waals surface area contributed by atoms with Crippen LogP contribution in [0.4, 0.5) is 0 Å². The van der Waals surface area contributed by atoms with Crippen molar-refractivity contribution < 1.29 is 14.3 Å². The Morgan fingerprint density at radius 2 is 2.04 bits per heavy atom. The number of pyridine rings is 1. The minimum absolute atomic E-state index is 0.0318. The van der Waals surface area contributed by atoms with Crippen molar-refractivity contribution in [1.29, 1.82) is 0 Å². The van der Waals surface area contributed by atoms with Crippen LogP contribution in [-0.4, -0.2) is 24.7 Å². The fraction of sp³-hybridized carbons (Fsp3) is 0.333. The van der Waals surface area contributed by atoms with Gasteiger partial charge in [0.1, 0.15) is 5.75 Å². The predicted octanol–water partition coefficient (Wildman–Crippen LogP) is 2.26. The lowest BCUT2D eigenvalue weighted by atomic mass is 9.82. The molecule has 5 nitrogen and oxygen atoms in total. The zero-order chi connectivity index (χ0) is 15.8. The minimum Gasteiger partial charge on any atom is -0.493 e. The first-order chi connectivity index (χ1) is 11.3. The number of aromatic nitrogens is 1. The molecule has 2 aliphatic heterocycles. The van der Waals surface area contributed by atoms with Gasteiger partial charge in [0, 0.05) is 23.7 Å². The lowest BCUT2D eigenvalue weighted by Gasteiger charge is -2.30. The van der Waals surface area contributed by atoms with Crippen LogP contribution in [0.15, 0.2) is 48.7 Å². The van der Waals surface area contributed by atoms with E-state index in [1.807, 2.05) is 42.5 Å². The molecule has 2 aliphatic rings. The highest BCUT2D eigenvalue weighted by atomic mass is 16.5. The SMILES string of the molecule is COC(=O)[C@H]1[C@@H]2COc3ccccc3[C@H]2N[C@H]1c1ccccn1. The molecule has 4 rings (SSSR count). The topological polar surface area (TPSA) is 60.5 Å². The van der Waals surface area contributed by atoms with Gasteiger partial charge in [-0.15, -0.1) is 0 Å². The van der Waals surface area contributed by atoms with Crippen LogP contribution < -0.4 is 10.1 Å². The molecule has 0 unspecified atom stereocenters. The average Bonchev–Trinajstić information content (AvgIpc) is 3.02. The summed E-state index contributed by atoms with van der Waals surface area (Å²) in [5.41, 5.74) is 1.95. The zero-order valence-corrected chi connectivity index (χ0v) is 12.8. The number of esters is 1. The van der Waals surface area contributed by atoms with Crippen molar-refractivity contribution in [2.75, 3.05) is 13.7 Å². The molecule has 0 radical (unpaired) electrons. The van der Waals surface area contributed by atoms with E-state index in [2.05, 4.69) is 10.3 Å². The molecule has 0 aliphatic carbocycles. The average molecular weight is 310 g/mol. The Balaban J connectivity index is 1.76. The first kappa shape index (κ1) is 14.2. The van der Waals surface area contributed by atoms with Crippen LogP contribution in [0.5, 0.6) is 5.75 Å². The minimum atomic E-state index is -0.312. The monoisotopic (exact) mass is 310 g/mol. The van der Waals surface area contributed by atoms with Gasteiger partial charge in [0.25, 0.3) is 0 Å². The Morgan fingerprint density at radius 1 is 1.22 bits per heavy atom. The number of rotatable bonds is 2. The summed E-state index contributed by atoms with van der Waals surface area (Å²) in [5, 5.41) is 3.59. The number of carbonyl (C=O) groups is 1. The van der Waals surface area contributed by atoms with E-state index in [4.69, 9.17) is 9.47 Å². The zero-order valence-electron chi connectivity index (χ0n) is 12.8. The highest BCUT2D eigenvalue weighted by Gasteiger charge is 2.51. The molecule has 2 aromatic rings. The summed E-state index contributed by atoms with van der Waals surface area (Å²) in [6, 6.07) is 13.6. The summed E-state index contributed by atoms with van der Waals surface area (Å²) in [6.45, 7) is 0.498. The van der Waals surface area contributed by atoms with Crippen molar-refractivity contribution in [3.63, 3.8) is 0 Å². The van der Waals surface area contributed by atoms with Gasteiger partial charge in [-0.05, 0) is 18.2 Å². The summed E-state index contributed by atoms with van der Waals surface area (Å²) in [4.78, 5) is 16.8. The normalized spacial score (nSPS) is 28.4. The Labute approximate surface area is 134 Å². The Bertz CT molecular complexity index is 719. The van der Waals surface area contributed by atoms with Crippen molar-refractivity contribution in [3.8, 4) is 5.75 Å². The molecule has 0 spiro atoms. The number of carbonyl (C=O) groups excluding carboxylic acids is 1. The van der Waals surface area contributed by atoms with Gasteiger partial charge in [-0.3, -0.25) is 9.78 Å². The van der Waals surface area contributed by atoms with Crippen LogP contribution in [0.3, 0.4) is 0 Å². The maximum atomic E-state index is 12.4. The van der Waals surface area contributed by atoms with Gasteiger partial charge in [-0.25, -0.2) is 0 Å². The molecule has 23 heavy (non-hydrogen) atoms. The number of fused-ring (bicyclic) bond motifs is 3. The summed E-state index contributed by atoms with van der Waals surface area (Å²) < 4.78 is 10.9. The van der Waals surface area contributed by atoms with Crippen molar-refractivity contribution in [1.82, 2.24) is 10.3 Å².